The number of hydrogen-bond donors (Lipinski definition) is 1. The zero-order valence-electron chi connectivity index (χ0n) is 15.1. The van der Waals surface area contributed by atoms with E-state index in [9.17, 15) is 19.7 Å². The number of anilines is 1. The van der Waals surface area contributed by atoms with Crippen LogP contribution in [0.2, 0.25) is 5.02 Å². The Bertz CT molecular complexity index is 901. The Hall–Kier alpha value is -3.33. The van der Waals surface area contributed by atoms with Crippen LogP contribution in [-0.2, 0) is 9.53 Å². The largest absolute Gasteiger partial charge is 0.493 e. The lowest BCUT2D eigenvalue weighted by Crippen LogP contribution is -2.21. The molecule has 0 spiro atoms. The molecular weight excluding hydrogens is 392 g/mol. The Morgan fingerprint density at radius 1 is 1.18 bits per heavy atom. The van der Waals surface area contributed by atoms with Crippen molar-refractivity contribution in [3.05, 3.63) is 57.1 Å². The van der Waals surface area contributed by atoms with Crippen LogP contribution in [0.25, 0.3) is 0 Å². The van der Waals surface area contributed by atoms with Crippen molar-refractivity contribution < 1.29 is 28.7 Å². The van der Waals surface area contributed by atoms with E-state index < -0.39 is 23.4 Å². The van der Waals surface area contributed by atoms with Crippen molar-refractivity contribution in [3.8, 4) is 11.5 Å². The summed E-state index contributed by atoms with van der Waals surface area (Å²) in [6, 6.07) is 8.27. The fourth-order valence-electron chi connectivity index (χ4n) is 2.21. The highest BCUT2D eigenvalue weighted by Gasteiger charge is 2.16. The minimum Gasteiger partial charge on any atom is -0.493 e. The van der Waals surface area contributed by atoms with Gasteiger partial charge >= 0.3 is 5.97 Å². The highest BCUT2D eigenvalue weighted by atomic mass is 35.5. The van der Waals surface area contributed by atoms with E-state index in [1.165, 1.54) is 31.4 Å². The van der Waals surface area contributed by atoms with E-state index in [-0.39, 0.29) is 22.0 Å². The van der Waals surface area contributed by atoms with E-state index in [1.807, 2.05) is 6.92 Å². The first-order valence-electron chi connectivity index (χ1n) is 8.07. The van der Waals surface area contributed by atoms with Gasteiger partial charge in [0.15, 0.2) is 18.1 Å². The fraction of sp³-hybridized carbons (Fsp3) is 0.222. The topological polar surface area (TPSA) is 117 Å². The van der Waals surface area contributed by atoms with Gasteiger partial charge in [-0.15, -0.1) is 0 Å². The number of methoxy groups -OCH3 is 1. The molecule has 0 aliphatic rings. The summed E-state index contributed by atoms with van der Waals surface area (Å²) in [6.07, 6.45) is 0. The van der Waals surface area contributed by atoms with Gasteiger partial charge in [-0.05, 0) is 37.3 Å². The number of esters is 1. The average Bonchev–Trinajstić information content (AvgIpc) is 2.67. The second-order valence-corrected chi connectivity index (χ2v) is 5.75. The Morgan fingerprint density at radius 2 is 1.93 bits per heavy atom. The van der Waals surface area contributed by atoms with Gasteiger partial charge < -0.3 is 19.5 Å². The van der Waals surface area contributed by atoms with Crippen LogP contribution < -0.4 is 14.8 Å². The number of hydrogen-bond acceptors (Lipinski definition) is 7. The number of carbonyl (C=O) groups is 2. The van der Waals surface area contributed by atoms with Gasteiger partial charge in [0.2, 0.25) is 0 Å². The van der Waals surface area contributed by atoms with Crippen molar-refractivity contribution in [2.45, 2.75) is 6.92 Å². The molecule has 0 unspecified atom stereocenters. The molecule has 0 aliphatic heterocycles. The van der Waals surface area contributed by atoms with Crippen molar-refractivity contribution >= 4 is 34.9 Å². The predicted octanol–water partition coefficient (Wildman–Crippen LogP) is 3.45. The smallest absolute Gasteiger partial charge is 0.338 e. The van der Waals surface area contributed by atoms with Crippen LogP contribution in [0.15, 0.2) is 36.4 Å². The number of benzene rings is 2. The highest BCUT2D eigenvalue weighted by molar-refractivity contribution is 6.32. The third-order valence-corrected chi connectivity index (χ3v) is 3.78. The van der Waals surface area contributed by atoms with E-state index >= 15 is 0 Å². The van der Waals surface area contributed by atoms with Gasteiger partial charge in [0, 0.05) is 11.8 Å². The first-order chi connectivity index (χ1) is 13.3. The van der Waals surface area contributed by atoms with Crippen LogP contribution in [-0.4, -0.2) is 37.1 Å². The van der Waals surface area contributed by atoms with E-state index in [4.69, 9.17) is 25.8 Å². The summed E-state index contributed by atoms with van der Waals surface area (Å²) in [4.78, 5) is 34.3. The van der Waals surface area contributed by atoms with Crippen LogP contribution in [0.4, 0.5) is 11.4 Å². The second kappa shape index (κ2) is 9.56. The lowest BCUT2D eigenvalue weighted by atomic mass is 10.2. The molecule has 0 radical (unpaired) electrons. The maximum atomic E-state index is 12.1. The minimum absolute atomic E-state index is 0.0566. The molecule has 0 saturated carbocycles. The molecule has 148 valence electrons. The molecular formula is C18H17ClN2O7. The number of nitro benzene ring substituents is 1. The molecule has 0 bridgehead atoms. The minimum atomic E-state index is -0.737. The molecule has 10 heteroatoms. The summed E-state index contributed by atoms with van der Waals surface area (Å²) in [5, 5.41) is 13.2. The molecule has 28 heavy (non-hydrogen) atoms. The monoisotopic (exact) mass is 408 g/mol. The molecule has 0 fully saturated rings. The summed E-state index contributed by atoms with van der Waals surface area (Å²) in [7, 11) is 1.44. The molecule has 1 N–H and O–H groups in total. The van der Waals surface area contributed by atoms with Crippen LogP contribution >= 0.6 is 11.6 Å². The quantitative estimate of drug-likeness (QED) is 0.403. The zero-order valence-corrected chi connectivity index (χ0v) is 15.8. The van der Waals surface area contributed by atoms with Crippen molar-refractivity contribution in [1.82, 2.24) is 0 Å². The molecule has 0 heterocycles. The maximum absolute atomic E-state index is 12.1. The van der Waals surface area contributed by atoms with Gasteiger partial charge in [0.25, 0.3) is 11.6 Å². The van der Waals surface area contributed by atoms with Gasteiger partial charge in [0.05, 0.1) is 24.2 Å². The zero-order chi connectivity index (χ0) is 20.7. The number of nitrogens with one attached hydrogen (secondary N) is 1. The third-order valence-electron chi connectivity index (χ3n) is 3.46. The number of halogens is 1. The lowest BCUT2D eigenvalue weighted by molar-refractivity contribution is -0.384. The Balaban J connectivity index is 1.98. The molecule has 0 atom stereocenters. The Morgan fingerprint density at radius 3 is 2.57 bits per heavy atom. The fourth-order valence-corrected chi connectivity index (χ4v) is 2.40. The SMILES string of the molecule is CCOc1ccc(C(=O)OCC(=O)Nc2ccc(Cl)c([N+](=O)[O-])c2)cc1OC. The van der Waals surface area contributed by atoms with Crippen LogP contribution in [0, 0.1) is 10.1 Å². The van der Waals surface area contributed by atoms with Crippen LogP contribution in [0.1, 0.15) is 17.3 Å². The van der Waals surface area contributed by atoms with Crippen molar-refractivity contribution in [3.63, 3.8) is 0 Å². The second-order valence-electron chi connectivity index (χ2n) is 5.35. The standard InChI is InChI=1S/C18H17ClN2O7/c1-3-27-15-7-4-11(8-16(15)26-2)18(23)28-10-17(22)20-12-5-6-13(19)14(9-12)21(24)25/h4-9H,3,10H2,1-2H3,(H,20,22). The first kappa shape index (κ1) is 21.0. The number of nitrogens with zero attached hydrogens (tertiary/aromatic N) is 1. The summed E-state index contributed by atoms with van der Waals surface area (Å²) < 4.78 is 15.5. The molecule has 0 aromatic heterocycles. The summed E-state index contributed by atoms with van der Waals surface area (Å²) in [5.74, 6) is -0.570. The van der Waals surface area contributed by atoms with Crippen molar-refractivity contribution in [2.24, 2.45) is 0 Å². The molecule has 0 aliphatic carbocycles. The predicted molar refractivity (Wildman–Crippen MR) is 101 cm³/mol. The van der Waals surface area contributed by atoms with E-state index in [2.05, 4.69) is 5.32 Å². The van der Waals surface area contributed by atoms with E-state index in [1.54, 1.807) is 6.07 Å². The van der Waals surface area contributed by atoms with Gasteiger partial charge in [0.1, 0.15) is 5.02 Å². The number of rotatable bonds is 8. The van der Waals surface area contributed by atoms with Crippen LogP contribution in [0.5, 0.6) is 11.5 Å². The number of nitro groups is 1. The molecule has 2 rings (SSSR count). The van der Waals surface area contributed by atoms with Crippen molar-refractivity contribution in [2.75, 3.05) is 25.6 Å². The number of amides is 1. The Kier molecular flexibility index (Phi) is 7.16. The summed E-state index contributed by atoms with van der Waals surface area (Å²) in [5.41, 5.74) is -0.0203. The van der Waals surface area contributed by atoms with Crippen molar-refractivity contribution in [1.29, 1.82) is 0 Å². The Labute approximate surface area is 165 Å². The number of carbonyl (C=O) groups excluding carboxylic acids is 2. The molecule has 9 nitrogen and oxygen atoms in total. The molecule has 1 amide bonds. The maximum Gasteiger partial charge on any atom is 0.338 e. The van der Waals surface area contributed by atoms with Gasteiger partial charge in [-0.3, -0.25) is 14.9 Å². The van der Waals surface area contributed by atoms with Gasteiger partial charge in [-0.2, -0.15) is 0 Å². The summed E-state index contributed by atoms with van der Waals surface area (Å²) >= 11 is 5.71. The summed E-state index contributed by atoms with van der Waals surface area (Å²) in [6.45, 7) is 1.67. The van der Waals surface area contributed by atoms with Gasteiger partial charge in [-0.25, -0.2) is 4.79 Å². The number of ether oxygens (including phenoxy) is 3. The lowest BCUT2D eigenvalue weighted by Gasteiger charge is -2.11. The van der Waals surface area contributed by atoms with Gasteiger partial charge in [-0.1, -0.05) is 11.6 Å². The molecule has 2 aromatic rings. The van der Waals surface area contributed by atoms with E-state index in [0.717, 1.165) is 6.07 Å². The van der Waals surface area contributed by atoms with E-state index in [0.29, 0.717) is 18.1 Å². The highest BCUT2D eigenvalue weighted by Crippen LogP contribution is 2.29. The van der Waals surface area contributed by atoms with Crippen LogP contribution in [0.3, 0.4) is 0 Å². The normalized spacial score (nSPS) is 10.1. The first-order valence-corrected chi connectivity index (χ1v) is 8.45. The third kappa shape index (κ3) is 5.34. The molecule has 2 aromatic carbocycles. The molecule has 0 saturated heterocycles. The average molecular weight is 409 g/mol.